The molecule has 0 atom stereocenters. The Morgan fingerprint density at radius 1 is 1.19 bits per heavy atom. The van der Waals surface area contributed by atoms with E-state index in [-0.39, 0.29) is 12.3 Å². The molecule has 0 saturated carbocycles. The van der Waals surface area contributed by atoms with E-state index in [0.29, 0.717) is 21.5 Å². The van der Waals surface area contributed by atoms with E-state index in [1.165, 1.54) is 12.1 Å². The van der Waals surface area contributed by atoms with Gasteiger partial charge < -0.3 is 15.1 Å². The first-order chi connectivity index (χ1) is 9.95. The molecule has 0 aliphatic rings. The average Bonchev–Trinajstić information content (AvgIpc) is 2.87. The molecule has 0 unspecified atom stereocenters. The Balaban J connectivity index is 1.90. The first kappa shape index (κ1) is 15.4. The van der Waals surface area contributed by atoms with E-state index in [4.69, 9.17) is 27.6 Å². The zero-order valence-electron chi connectivity index (χ0n) is 11.1. The van der Waals surface area contributed by atoms with Gasteiger partial charge in [0.1, 0.15) is 5.76 Å². The summed E-state index contributed by atoms with van der Waals surface area (Å²) in [6, 6.07) is 7.92. The lowest BCUT2D eigenvalue weighted by atomic mass is 10.3. The highest BCUT2D eigenvalue weighted by atomic mass is 35.5. The summed E-state index contributed by atoms with van der Waals surface area (Å²) >= 11 is 11.7. The van der Waals surface area contributed by atoms with Crippen LogP contribution in [0.4, 0.5) is 5.69 Å². The summed E-state index contributed by atoms with van der Waals surface area (Å²) in [7, 11) is 0. The first-order valence-electron chi connectivity index (χ1n) is 6.05. The molecule has 2 amide bonds. The topological polar surface area (TPSA) is 71.3 Å². The second kappa shape index (κ2) is 6.65. The second-order valence-corrected chi connectivity index (χ2v) is 5.11. The Bertz CT molecular complexity index is 683. The van der Waals surface area contributed by atoms with E-state index in [9.17, 15) is 9.59 Å². The van der Waals surface area contributed by atoms with Gasteiger partial charge in [-0.05, 0) is 37.3 Å². The molecule has 0 saturated heterocycles. The van der Waals surface area contributed by atoms with Crippen molar-refractivity contribution in [2.45, 2.75) is 6.92 Å². The van der Waals surface area contributed by atoms with E-state index in [1.807, 2.05) is 0 Å². The molecule has 1 aromatic carbocycles. The minimum absolute atomic E-state index is 0.154. The SMILES string of the molecule is Cc1ccc(C(=O)NCC(=O)Nc2cc(Cl)ccc2Cl)o1. The predicted molar refractivity (Wildman–Crippen MR) is 80.9 cm³/mol. The summed E-state index contributed by atoms with van der Waals surface area (Å²) in [5, 5.41) is 5.82. The summed E-state index contributed by atoms with van der Waals surface area (Å²) in [5.41, 5.74) is 0.386. The van der Waals surface area contributed by atoms with Crippen molar-refractivity contribution < 1.29 is 14.0 Å². The van der Waals surface area contributed by atoms with Gasteiger partial charge in [0.05, 0.1) is 17.3 Å². The number of anilines is 1. The van der Waals surface area contributed by atoms with Gasteiger partial charge in [-0.1, -0.05) is 23.2 Å². The predicted octanol–water partition coefficient (Wildman–Crippen LogP) is 3.26. The fourth-order valence-electron chi connectivity index (χ4n) is 1.59. The fraction of sp³-hybridized carbons (Fsp3) is 0.143. The normalized spacial score (nSPS) is 10.2. The van der Waals surface area contributed by atoms with Gasteiger partial charge in [0.15, 0.2) is 5.76 Å². The Labute approximate surface area is 131 Å². The van der Waals surface area contributed by atoms with Crippen LogP contribution in [-0.2, 0) is 4.79 Å². The average molecular weight is 327 g/mol. The minimum Gasteiger partial charge on any atom is -0.456 e. The summed E-state index contributed by atoms with van der Waals surface area (Å²) in [4.78, 5) is 23.5. The van der Waals surface area contributed by atoms with Crippen LogP contribution in [0, 0.1) is 6.92 Å². The van der Waals surface area contributed by atoms with Crippen molar-refractivity contribution >= 4 is 40.7 Å². The Hall–Kier alpha value is -1.98. The number of benzene rings is 1. The summed E-state index contributed by atoms with van der Waals surface area (Å²) in [6.07, 6.45) is 0. The van der Waals surface area contributed by atoms with Crippen molar-refractivity contribution in [1.82, 2.24) is 5.32 Å². The number of amides is 2. The molecule has 0 fully saturated rings. The third kappa shape index (κ3) is 4.24. The number of carbonyl (C=O) groups is 2. The molecule has 0 bridgehead atoms. The molecule has 1 aromatic heterocycles. The van der Waals surface area contributed by atoms with Crippen LogP contribution in [0.1, 0.15) is 16.3 Å². The lowest BCUT2D eigenvalue weighted by Gasteiger charge is -2.08. The van der Waals surface area contributed by atoms with Crippen LogP contribution >= 0.6 is 23.2 Å². The smallest absolute Gasteiger partial charge is 0.287 e. The summed E-state index contributed by atoms with van der Waals surface area (Å²) in [5.74, 6) is -0.109. The lowest BCUT2D eigenvalue weighted by molar-refractivity contribution is -0.115. The van der Waals surface area contributed by atoms with Gasteiger partial charge in [-0.2, -0.15) is 0 Å². The first-order valence-corrected chi connectivity index (χ1v) is 6.81. The Morgan fingerprint density at radius 2 is 1.95 bits per heavy atom. The quantitative estimate of drug-likeness (QED) is 0.905. The van der Waals surface area contributed by atoms with Crippen LogP contribution in [-0.4, -0.2) is 18.4 Å². The fourth-order valence-corrected chi connectivity index (χ4v) is 1.93. The van der Waals surface area contributed by atoms with Crippen molar-refractivity contribution in [2.75, 3.05) is 11.9 Å². The third-order valence-corrected chi connectivity index (χ3v) is 3.14. The van der Waals surface area contributed by atoms with Crippen molar-refractivity contribution in [3.8, 4) is 0 Å². The molecule has 110 valence electrons. The molecule has 2 N–H and O–H groups in total. The van der Waals surface area contributed by atoms with Crippen LogP contribution < -0.4 is 10.6 Å². The van der Waals surface area contributed by atoms with Gasteiger partial charge >= 0.3 is 0 Å². The number of furan rings is 1. The van der Waals surface area contributed by atoms with Gasteiger partial charge in [0.25, 0.3) is 5.91 Å². The maximum atomic E-state index is 11.8. The molecule has 2 rings (SSSR count). The van der Waals surface area contributed by atoms with Crippen molar-refractivity contribution in [2.24, 2.45) is 0 Å². The zero-order chi connectivity index (χ0) is 15.4. The van der Waals surface area contributed by atoms with Gasteiger partial charge in [-0.25, -0.2) is 0 Å². The highest BCUT2D eigenvalue weighted by Crippen LogP contribution is 2.25. The van der Waals surface area contributed by atoms with E-state index in [0.717, 1.165) is 0 Å². The van der Waals surface area contributed by atoms with Crippen molar-refractivity contribution in [3.05, 3.63) is 51.9 Å². The number of nitrogens with one attached hydrogen (secondary N) is 2. The van der Waals surface area contributed by atoms with Crippen molar-refractivity contribution in [1.29, 1.82) is 0 Å². The molecule has 5 nitrogen and oxygen atoms in total. The van der Waals surface area contributed by atoms with E-state index in [2.05, 4.69) is 10.6 Å². The molecule has 0 spiro atoms. The van der Waals surface area contributed by atoms with E-state index in [1.54, 1.807) is 25.1 Å². The Morgan fingerprint density at radius 3 is 2.62 bits per heavy atom. The third-order valence-electron chi connectivity index (χ3n) is 2.58. The molecule has 0 aliphatic carbocycles. The van der Waals surface area contributed by atoms with E-state index < -0.39 is 11.8 Å². The maximum Gasteiger partial charge on any atom is 0.287 e. The second-order valence-electron chi connectivity index (χ2n) is 4.27. The zero-order valence-corrected chi connectivity index (χ0v) is 12.6. The minimum atomic E-state index is -0.463. The number of rotatable bonds is 4. The standard InChI is InChI=1S/C14H12Cl2N2O3/c1-8-2-5-12(21-8)14(20)17-7-13(19)18-11-6-9(15)3-4-10(11)16/h2-6H,7H2,1H3,(H,17,20)(H,18,19). The van der Waals surface area contributed by atoms with Crippen LogP contribution in [0.3, 0.4) is 0 Å². The highest BCUT2D eigenvalue weighted by molar-refractivity contribution is 6.35. The Kier molecular flexibility index (Phi) is 4.88. The van der Waals surface area contributed by atoms with Crippen LogP contribution in [0.15, 0.2) is 34.7 Å². The molecular formula is C14H12Cl2N2O3. The molecule has 0 aliphatic heterocycles. The number of halogens is 2. The number of carbonyl (C=O) groups excluding carboxylic acids is 2. The molecular weight excluding hydrogens is 315 g/mol. The maximum absolute atomic E-state index is 11.8. The molecule has 2 aromatic rings. The monoisotopic (exact) mass is 326 g/mol. The van der Waals surface area contributed by atoms with Gasteiger partial charge in [-0.15, -0.1) is 0 Å². The largest absolute Gasteiger partial charge is 0.456 e. The van der Waals surface area contributed by atoms with Crippen LogP contribution in [0.5, 0.6) is 0 Å². The molecule has 21 heavy (non-hydrogen) atoms. The summed E-state index contributed by atoms with van der Waals surface area (Å²) in [6.45, 7) is 1.52. The van der Waals surface area contributed by atoms with Crippen LogP contribution in [0.2, 0.25) is 10.0 Å². The molecule has 0 radical (unpaired) electrons. The van der Waals surface area contributed by atoms with Gasteiger partial charge in [0.2, 0.25) is 5.91 Å². The van der Waals surface area contributed by atoms with Gasteiger partial charge in [0, 0.05) is 5.02 Å². The van der Waals surface area contributed by atoms with E-state index >= 15 is 0 Å². The number of aryl methyl sites for hydroxylation is 1. The highest BCUT2D eigenvalue weighted by Gasteiger charge is 2.12. The lowest BCUT2D eigenvalue weighted by Crippen LogP contribution is -2.32. The number of hydrogen-bond donors (Lipinski definition) is 2. The molecule has 7 heteroatoms. The van der Waals surface area contributed by atoms with Crippen molar-refractivity contribution in [3.63, 3.8) is 0 Å². The van der Waals surface area contributed by atoms with Gasteiger partial charge in [-0.3, -0.25) is 9.59 Å². The van der Waals surface area contributed by atoms with Crippen LogP contribution in [0.25, 0.3) is 0 Å². The number of hydrogen-bond acceptors (Lipinski definition) is 3. The molecule has 1 heterocycles. The summed E-state index contributed by atoms with van der Waals surface area (Å²) < 4.78 is 5.15.